The molecular formula is C14H12FN6O+. The Labute approximate surface area is 125 Å². The molecule has 110 valence electrons. The van der Waals surface area contributed by atoms with Crippen LogP contribution in [0.2, 0.25) is 0 Å². The summed E-state index contributed by atoms with van der Waals surface area (Å²) in [6.45, 7) is 0. The van der Waals surface area contributed by atoms with Crippen LogP contribution in [0.25, 0.3) is 5.69 Å². The molecule has 2 atom stereocenters. The third-order valence-corrected chi connectivity index (χ3v) is 3.17. The number of hydrogen-bond acceptors (Lipinski definition) is 5. The van der Waals surface area contributed by atoms with Crippen LogP contribution in [0.5, 0.6) is 0 Å². The Morgan fingerprint density at radius 2 is 2.23 bits per heavy atom. The van der Waals surface area contributed by atoms with Crippen molar-refractivity contribution in [3.05, 3.63) is 59.8 Å². The number of nitriles is 1. The number of allylic oxidation sites excluding steroid dienone is 2. The van der Waals surface area contributed by atoms with Crippen LogP contribution in [-0.2, 0) is 4.84 Å². The van der Waals surface area contributed by atoms with Gasteiger partial charge in [-0.25, -0.2) is 9.23 Å². The molecule has 0 bridgehead atoms. The van der Waals surface area contributed by atoms with Crippen molar-refractivity contribution in [1.29, 1.82) is 5.26 Å². The maximum Gasteiger partial charge on any atom is 0.239 e. The van der Waals surface area contributed by atoms with Gasteiger partial charge in [0.05, 0.1) is 24.4 Å². The predicted octanol–water partition coefficient (Wildman–Crippen LogP) is 0.244. The van der Waals surface area contributed by atoms with Crippen LogP contribution in [-0.4, -0.2) is 27.3 Å². The number of hydroxylamine groups is 2. The number of nitrogens with one attached hydrogen (secondary N) is 1. The van der Waals surface area contributed by atoms with E-state index in [9.17, 15) is 4.39 Å². The fourth-order valence-corrected chi connectivity index (χ4v) is 2.15. The molecule has 1 aromatic carbocycles. The Kier molecular flexibility index (Phi) is 3.74. The third kappa shape index (κ3) is 2.63. The molecule has 1 aliphatic heterocycles. The van der Waals surface area contributed by atoms with E-state index in [1.807, 2.05) is 30.5 Å². The highest BCUT2D eigenvalue weighted by atomic mass is 19.1. The Bertz CT molecular complexity index is 791. The average molecular weight is 299 g/mol. The summed E-state index contributed by atoms with van der Waals surface area (Å²) >= 11 is 0. The molecule has 0 radical (unpaired) electrons. The van der Waals surface area contributed by atoms with Crippen LogP contribution in [0, 0.1) is 17.1 Å². The molecule has 2 heterocycles. The van der Waals surface area contributed by atoms with E-state index in [1.54, 1.807) is 7.11 Å². The lowest BCUT2D eigenvalue weighted by Crippen LogP contribution is -3.06. The third-order valence-electron chi connectivity index (χ3n) is 3.17. The highest BCUT2D eigenvalue weighted by molar-refractivity contribution is 5.40. The standard InChI is InChI=1S/C14H11FN6O/c1-22-20-5-3-2-4-13(20)14-17-19-21(18-14)12-7-10(9-16)6-11(15)8-12/h2-8,13H,1H3/p+1. The molecule has 0 aliphatic carbocycles. The van der Waals surface area contributed by atoms with Crippen LogP contribution in [0.15, 0.2) is 42.6 Å². The summed E-state index contributed by atoms with van der Waals surface area (Å²) in [5.41, 5.74) is 0.531. The molecule has 0 saturated carbocycles. The van der Waals surface area contributed by atoms with Crippen molar-refractivity contribution in [3.63, 3.8) is 0 Å². The summed E-state index contributed by atoms with van der Waals surface area (Å²) < 4.78 is 13.5. The van der Waals surface area contributed by atoms with E-state index in [0.29, 0.717) is 16.6 Å². The van der Waals surface area contributed by atoms with Crippen molar-refractivity contribution in [2.24, 2.45) is 0 Å². The van der Waals surface area contributed by atoms with Crippen molar-refractivity contribution in [2.45, 2.75) is 6.04 Å². The fraction of sp³-hybridized carbons (Fsp3) is 0.143. The number of quaternary nitrogens is 1. The summed E-state index contributed by atoms with van der Waals surface area (Å²) in [6, 6.07) is 5.53. The fourth-order valence-electron chi connectivity index (χ4n) is 2.15. The minimum atomic E-state index is -0.530. The SMILES string of the molecule is CO[NH+]1C=CC=CC1c1nnn(-c2cc(F)cc(C#N)c2)n1. The first-order chi connectivity index (χ1) is 10.7. The van der Waals surface area contributed by atoms with E-state index < -0.39 is 5.82 Å². The van der Waals surface area contributed by atoms with Crippen molar-refractivity contribution < 1.29 is 14.3 Å². The van der Waals surface area contributed by atoms with Crippen LogP contribution in [0.3, 0.4) is 0 Å². The molecule has 8 heteroatoms. The molecule has 1 N–H and O–H groups in total. The summed E-state index contributed by atoms with van der Waals surface area (Å²) in [5.74, 6) is -0.0993. The van der Waals surface area contributed by atoms with E-state index >= 15 is 0 Å². The Hall–Kier alpha value is -2.89. The smallest absolute Gasteiger partial charge is 0.207 e. The highest BCUT2D eigenvalue weighted by Gasteiger charge is 2.27. The minimum absolute atomic E-state index is 0.193. The minimum Gasteiger partial charge on any atom is -0.207 e. The second-order valence-corrected chi connectivity index (χ2v) is 4.58. The van der Waals surface area contributed by atoms with E-state index in [4.69, 9.17) is 10.1 Å². The van der Waals surface area contributed by atoms with Gasteiger partial charge in [-0.15, -0.1) is 15.0 Å². The molecule has 0 fully saturated rings. The largest absolute Gasteiger partial charge is 0.239 e. The number of rotatable bonds is 3. The zero-order chi connectivity index (χ0) is 15.5. The van der Waals surface area contributed by atoms with Gasteiger partial charge in [0.25, 0.3) is 0 Å². The van der Waals surface area contributed by atoms with Crippen LogP contribution < -0.4 is 5.06 Å². The van der Waals surface area contributed by atoms with Crippen molar-refractivity contribution >= 4 is 0 Å². The lowest BCUT2D eigenvalue weighted by atomic mass is 10.2. The lowest BCUT2D eigenvalue weighted by Gasteiger charge is -2.17. The second-order valence-electron chi connectivity index (χ2n) is 4.58. The maximum absolute atomic E-state index is 13.5. The van der Waals surface area contributed by atoms with Crippen molar-refractivity contribution in [2.75, 3.05) is 7.11 Å². The highest BCUT2D eigenvalue weighted by Crippen LogP contribution is 2.13. The zero-order valence-corrected chi connectivity index (χ0v) is 11.6. The van der Waals surface area contributed by atoms with Gasteiger partial charge >= 0.3 is 0 Å². The van der Waals surface area contributed by atoms with Gasteiger partial charge in [0, 0.05) is 6.07 Å². The van der Waals surface area contributed by atoms with Gasteiger partial charge in [-0.2, -0.15) is 10.3 Å². The molecule has 0 spiro atoms. The van der Waals surface area contributed by atoms with Gasteiger partial charge in [0.2, 0.25) is 11.9 Å². The lowest BCUT2D eigenvalue weighted by molar-refractivity contribution is -1.07. The van der Waals surface area contributed by atoms with Gasteiger partial charge in [-0.3, -0.25) is 0 Å². The topological polar surface area (TPSA) is 81.1 Å². The summed E-state index contributed by atoms with van der Waals surface area (Å²) in [7, 11) is 1.57. The van der Waals surface area contributed by atoms with Crippen LogP contribution in [0.1, 0.15) is 17.4 Å². The second kappa shape index (κ2) is 5.85. The summed E-state index contributed by atoms with van der Waals surface area (Å²) in [6.07, 6.45) is 7.42. The maximum atomic E-state index is 13.5. The van der Waals surface area contributed by atoms with Crippen molar-refractivity contribution in [3.8, 4) is 11.8 Å². The van der Waals surface area contributed by atoms with Crippen LogP contribution >= 0.6 is 0 Å². The van der Waals surface area contributed by atoms with Gasteiger partial charge in [-0.1, -0.05) is 6.08 Å². The molecule has 2 aromatic rings. The normalized spacial score (nSPS) is 20.0. The first-order valence-corrected chi connectivity index (χ1v) is 6.48. The monoisotopic (exact) mass is 299 g/mol. The Morgan fingerprint density at radius 3 is 3.00 bits per heavy atom. The summed E-state index contributed by atoms with van der Waals surface area (Å²) in [5, 5.41) is 21.7. The number of benzene rings is 1. The predicted molar refractivity (Wildman–Crippen MR) is 72.8 cm³/mol. The number of halogens is 1. The molecule has 1 aromatic heterocycles. The van der Waals surface area contributed by atoms with E-state index in [2.05, 4.69) is 15.4 Å². The van der Waals surface area contributed by atoms with Gasteiger partial charge in [-0.05, 0) is 29.5 Å². The molecule has 0 amide bonds. The van der Waals surface area contributed by atoms with Gasteiger partial charge < -0.3 is 0 Å². The molecule has 0 saturated heterocycles. The first-order valence-electron chi connectivity index (χ1n) is 6.48. The van der Waals surface area contributed by atoms with E-state index in [1.165, 1.54) is 16.9 Å². The molecule has 7 nitrogen and oxygen atoms in total. The van der Waals surface area contributed by atoms with Gasteiger partial charge in [0.1, 0.15) is 12.0 Å². The number of aromatic nitrogens is 4. The number of hydrogen-bond donors (Lipinski definition) is 1. The number of tetrazole rings is 1. The quantitative estimate of drug-likeness (QED) is 0.878. The first kappa shape index (κ1) is 14.1. The average Bonchev–Trinajstić information content (AvgIpc) is 3.04. The van der Waals surface area contributed by atoms with E-state index in [0.717, 1.165) is 6.07 Å². The molecule has 2 unspecified atom stereocenters. The summed E-state index contributed by atoms with van der Waals surface area (Å²) in [4.78, 5) is 6.48. The van der Waals surface area contributed by atoms with Gasteiger partial charge in [0.15, 0.2) is 0 Å². The zero-order valence-electron chi connectivity index (χ0n) is 11.6. The molecular weight excluding hydrogens is 287 g/mol. The van der Waals surface area contributed by atoms with E-state index in [-0.39, 0.29) is 11.6 Å². The Morgan fingerprint density at radius 1 is 1.36 bits per heavy atom. The molecule has 3 rings (SSSR count). The van der Waals surface area contributed by atoms with Crippen molar-refractivity contribution in [1.82, 2.24) is 20.2 Å². The van der Waals surface area contributed by atoms with Crippen LogP contribution in [0.4, 0.5) is 4.39 Å². The number of nitrogens with zero attached hydrogens (tertiary/aromatic N) is 5. The Balaban J connectivity index is 1.94. The molecule has 1 aliphatic rings. The molecule has 22 heavy (non-hydrogen) atoms.